The van der Waals surface area contributed by atoms with Gasteiger partial charge in [-0.25, -0.2) is 8.42 Å². The maximum Gasteiger partial charge on any atom is 0.175 e. The summed E-state index contributed by atoms with van der Waals surface area (Å²) in [4.78, 5) is 10.5. The van der Waals surface area contributed by atoms with Crippen molar-refractivity contribution >= 4 is 16.1 Å². The topological polar surface area (TPSA) is 71.4 Å². The third-order valence-corrected chi connectivity index (χ3v) is 3.49. The highest BCUT2D eigenvalue weighted by molar-refractivity contribution is 7.90. The smallest absolute Gasteiger partial charge is 0.175 e. The molecule has 0 amide bonds. The highest BCUT2D eigenvalue weighted by Crippen LogP contribution is 2.26. The van der Waals surface area contributed by atoms with Crippen LogP contribution in [0.25, 0.3) is 0 Å². The summed E-state index contributed by atoms with van der Waals surface area (Å²) in [6, 6.07) is 2.85. The molecule has 0 radical (unpaired) electrons. The van der Waals surface area contributed by atoms with Gasteiger partial charge in [-0.1, -0.05) is 0 Å². The molecule has 0 saturated heterocycles. The number of aldehydes is 1. The lowest BCUT2D eigenvalue weighted by Crippen LogP contribution is -2.03. The zero-order valence-electron chi connectivity index (χ0n) is 9.23. The molecule has 0 fully saturated rings. The molecule has 0 aliphatic heterocycles. The molecule has 1 aromatic rings. The van der Waals surface area contributed by atoms with Gasteiger partial charge >= 0.3 is 0 Å². The first kappa shape index (κ1) is 12.7. The highest BCUT2D eigenvalue weighted by atomic mass is 32.2. The molecule has 0 unspecified atom stereocenters. The molecular weight excluding hydrogens is 228 g/mol. The van der Waals surface area contributed by atoms with E-state index >= 15 is 0 Å². The Labute approximate surface area is 94.8 Å². The van der Waals surface area contributed by atoms with Crippen molar-refractivity contribution in [1.29, 1.82) is 0 Å². The van der Waals surface area contributed by atoms with Crippen LogP contribution in [0.1, 0.15) is 17.5 Å². The Morgan fingerprint density at radius 3 is 2.50 bits per heavy atom. The van der Waals surface area contributed by atoms with E-state index in [9.17, 15) is 18.3 Å². The Balaban J connectivity index is 3.33. The van der Waals surface area contributed by atoms with Crippen LogP contribution in [0.5, 0.6) is 5.75 Å². The van der Waals surface area contributed by atoms with Crippen LogP contribution in [0.15, 0.2) is 17.0 Å². The van der Waals surface area contributed by atoms with Crippen LogP contribution in [-0.4, -0.2) is 26.1 Å². The van der Waals surface area contributed by atoms with Gasteiger partial charge in [0.2, 0.25) is 0 Å². The maximum absolute atomic E-state index is 11.5. The molecule has 0 saturated carbocycles. The van der Waals surface area contributed by atoms with Gasteiger partial charge in [-0.2, -0.15) is 0 Å². The van der Waals surface area contributed by atoms with E-state index < -0.39 is 9.84 Å². The number of aryl methyl sites for hydroxylation is 2. The summed E-state index contributed by atoms with van der Waals surface area (Å²) in [7, 11) is -3.33. The third kappa shape index (κ3) is 2.82. The standard InChI is InChI=1S/C11H14O4S/c1-8-6-11(16(2,14)15)9(4-3-5-12)7-10(8)13/h5-7,13H,3-4H2,1-2H3. The van der Waals surface area contributed by atoms with Gasteiger partial charge in [-0.15, -0.1) is 0 Å². The van der Waals surface area contributed by atoms with Gasteiger partial charge in [0.05, 0.1) is 4.90 Å². The van der Waals surface area contributed by atoms with Crippen molar-refractivity contribution in [3.63, 3.8) is 0 Å². The fraction of sp³-hybridized carbons (Fsp3) is 0.364. The Kier molecular flexibility index (Phi) is 3.70. The van der Waals surface area contributed by atoms with Crippen LogP contribution >= 0.6 is 0 Å². The number of benzene rings is 1. The summed E-state index contributed by atoms with van der Waals surface area (Å²) >= 11 is 0. The van der Waals surface area contributed by atoms with Gasteiger partial charge in [-0.3, -0.25) is 0 Å². The zero-order valence-corrected chi connectivity index (χ0v) is 10.0. The summed E-state index contributed by atoms with van der Waals surface area (Å²) in [5.74, 6) is 0.0494. The number of rotatable bonds is 4. The Hall–Kier alpha value is -1.36. The number of phenolic OH excluding ortho intramolecular Hbond substituents is 1. The average Bonchev–Trinajstić information content (AvgIpc) is 2.17. The first-order valence-corrected chi connectivity index (χ1v) is 6.71. The predicted octanol–water partition coefficient (Wildman–Crippen LogP) is 1.24. The molecule has 0 aliphatic carbocycles. The Morgan fingerprint density at radius 1 is 1.38 bits per heavy atom. The van der Waals surface area contributed by atoms with Gasteiger partial charge in [0, 0.05) is 12.7 Å². The van der Waals surface area contributed by atoms with E-state index in [2.05, 4.69) is 0 Å². The third-order valence-electron chi connectivity index (χ3n) is 2.31. The van der Waals surface area contributed by atoms with E-state index in [0.29, 0.717) is 17.5 Å². The second-order valence-electron chi connectivity index (χ2n) is 3.72. The molecule has 0 heterocycles. The van der Waals surface area contributed by atoms with E-state index in [-0.39, 0.29) is 17.1 Å². The van der Waals surface area contributed by atoms with Crippen LogP contribution in [0.2, 0.25) is 0 Å². The van der Waals surface area contributed by atoms with Crippen LogP contribution in [0.3, 0.4) is 0 Å². The molecule has 5 heteroatoms. The van der Waals surface area contributed by atoms with Crippen molar-refractivity contribution in [2.45, 2.75) is 24.7 Å². The van der Waals surface area contributed by atoms with Crippen LogP contribution in [0.4, 0.5) is 0 Å². The van der Waals surface area contributed by atoms with Gasteiger partial charge in [-0.05, 0) is 36.6 Å². The molecule has 0 bridgehead atoms. The summed E-state index contributed by atoms with van der Waals surface area (Å²) in [6.07, 6.45) is 2.40. The average molecular weight is 242 g/mol. The molecule has 0 atom stereocenters. The normalized spacial score (nSPS) is 11.4. The van der Waals surface area contributed by atoms with E-state index in [1.54, 1.807) is 6.92 Å². The Morgan fingerprint density at radius 2 is 2.00 bits per heavy atom. The number of hydrogen-bond donors (Lipinski definition) is 1. The lowest BCUT2D eigenvalue weighted by molar-refractivity contribution is -0.107. The van der Waals surface area contributed by atoms with Gasteiger partial charge in [0.25, 0.3) is 0 Å². The van der Waals surface area contributed by atoms with E-state index in [4.69, 9.17) is 0 Å². The van der Waals surface area contributed by atoms with Crippen molar-refractivity contribution in [2.75, 3.05) is 6.26 Å². The van der Waals surface area contributed by atoms with E-state index in [1.807, 2.05) is 0 Å². The molecular formula is C11H14O4S. The second kappa shape index (κ2) is 4.65. The monoisotopic (exact) mass is 242 g/mol. The minimum atomic E-state index is -3.33. The van der Waals surface area contributed by atoms with E-state index in [0.717, 1.165) is 12.5 Å². The molecule has 4 nitrogen and oxygen atoms in total. The zero-order chi connectivity index (χ0) is 12.3. The molecule has 0 spiro atoms. The molecule has 1 aromatic carbocycles. The molecule has 0 aromatic heterocycles. The van der Waals surface area contributed by atoms with Gasteiger partial charge in [0.15, 0.2) is 9.84 Å². The first-order valence-electron chi connectivity index (χ1n) is 4.82. The number of carbonyl (C=O) groups is 1. The molecule has 1 rings (SSSR count). The number of phenols is 1. The van der Waals surface area contributed by atoms with Crippen molar-refractivity contribution < 1.29 is 18.3 Å². The van der Waals surface area contributed by atoms with Crippen LogP contribution in [0, 0.1) is 6.92 Å². The van der Waals surface area contributed by atoms with Crippen molar-refractivity contribution in [3.05, 3.63) is 23.3 Å². The first-order chi connectivity index (χ1) is 7.36. The van der Waals surface area contributed by atoms with Gasteiger partial charge in [0.1, 0.15) is 12.0 Å². The van der Waals surface area contributed by atoms with Crippen molar-refractivity contribution in [1.82, 2.24) is 0 Å². The van der Waals surface area contributed by atoms with Gasteiger partial charge < -0.3 is 9.90 Å². The second-order valence-corrected chi connectivity index (χ2v) is 5.71. The minimum absolute atomic E-state index is 0.0494. The fourth-order valence-electron chi connectivity index (χ4n) is 1.47. The molecule has 1 N–H and O–H groups in total. The van der Waals surface area contributed by atoms with Crippen LogP contribution in [-0.2, 0) is 21.1 Å². The highest BCUT2D eigenvalue weighted by Gasteiger charge is 2.15. The van der Waals surface area contributed by atoms with E-state index in [1.165, 1.54) is 12.1 Å². The lowest BCUT2D eigenvalue weighted by atomic mass is 10.1. The predicted molar refractivity (Wildman–Crippen MR) is 60.3 cm³/mol. The molecule has 0 aliphatic rings. The quantitative estimate of drug-likeness (QED) is 0.806. The maximum atomic E-state index is 11.5. The largest absolute Gasteiger partial charge is 0.508 e. The number of hydrogen-bond acceptors (Lipinski definition) is 4. The molecule has 16 heavy (non-hydrogen) atoms. The fourth-order valence-corrected chi connectivity index (χ4v) is 2.50. The summed E-state index contributed by atoms with van der Waals surface area (Å²) in [5, 5.41) is 9.51. The number of aromatic hydroxyl groups is 1. The summed E-state index contributed by atoms with van der Waals surface area (Å²) in [5.41, 5.74) is 0.993. The van der Waals surface area contributed by atoms with Crippen LogP contribution < -0.4 is 0 Å². The SMILES string of the molecule is Cc1cc(S(C)(=O)=O)c(CCC=O)cc1O. The Bertz CT molecular complexity index is 503. The lowest BCUT2D eigenvalue weighted by Gasteiger charge is -2.09. The van der Waals surface area contributed by atoms with Crippen molar-refractivity contribution in [3.8, 4) is 5.75 Å². The summed E-state index contributed by atoms with van der Waals surface area (Å²) < 4.78 is 23.0. The summed E-state index contributed by atoms with van der Waals surface area (Å²) in [6.45, 7) is 1.63. The molecule has 88 valence electrons. The number of carbonyl (C=O) groups excluding carboxylic acids is 1. The minimum Gasteiger partial charge on any atom is -0.508 e. The van der Waals surface area contributed by atoms with Crippen molar-refractivity contribution in [2.24, 2.45) is 0 Å². The number of sulfone groups is 1.